The second kappa shape index (κ2) is 12.2. The highest BCUT2D eigenvalue weighted by Crippen LogP contribution is 2.27. The van der Waals surface area contributed by atoms with E-state index in [2.05, 4.69) is 19.1 Å². The SMILES string of the molecule is CCCCCCCCCCCCN1C(=O)C=C(c2ccc(-c3ccccc3)cc2)C1=O. The Hall–Kier alpha value is -2.68. The number of nitrogens with zero attached hydrogens (tertiary/aromatic N) is 1. The first-order valence-corrected chi connectivity index (χ1v) is 11.9. The Balaban J connectivity index is 1.41. The molecule has 3 rings (SSSR count). The molecule has 164 valence electrons. The fourth-order valence-electron chi connectivity index (χ4n) is 4.16. The average Bonchev–Trinajstić information content (AvgIpc) is 3.09. The summed E-state index contributed by atoms with van der Waals surface area (Å²) in [4.78, 5) is 26.6. The van der Waals surface area contributed by atoms with Crippen LogP contribution in [0.5, 0.6) is 0 Å². The van der Waals surface area contributed by atoms with E-state index in [1.54, 1.807) is 0 Å². The molecule has 0 unspecified atom stereocenters. The molecular weight excluding hydrogens is 382 g/mol. The number of unbranched alkanes of at least 4 members (excludes halogenated alkanes) is 9. The van der Waals surface area contributed by atoms with Gasteiger partial charge >= 0.3 is 0 Å². The van der Waals surface area contributed by atoms with Crippen molar-refractivity contribution in [3.05, 3.63) is 66.2 Å². The Kier molecular flexibility index (Phi) is 9.08. The van der Waals surface area contributed by atoms with Crippen LogP contribution in [0.1, 0.15) is 76.7 Å². The third-order valence-corrected chi connectivity index (χ3v) is 6.05. The molecule has 1 aliphatic rings. The van der Waals surface area contributed by atoms with Gasteiger partial charge in [-0.25, -0.2) is 0 Å². The Bertz CT molecular complexity index is 868. The van der Waals surface area contributed by atoms with Gasteiger partial charge < -0.3 is 0 Å². The minimum Gasteiger partial charge on any atom is -0.275 e. The number of imide groups is 1. The summed E-state index contributed by atoms with van der Waals surface area (Å²) >= 11 is 0. The summed E-state index contributed by atoms with van der Waals surface area (Å²) in [6.07, 6.45) is 13.9. The van der Waals surface area contributed by atoms with Crippen molar-refractivity contribution in [2.24, 2.45) is 0 Å². The maximum Gasteiger partial charge on any atom is 0.261 e. The molecule has 2 amide bonds. The molecule has 0 bridgehead atoms. The predicted octanol–water partition coefficient (Wildman–Crippen LogP) is 7.03. The summed E-state index contributed by atoms with van der Waals surface area (Å²) in [7, 11) is 0. The molecule has 0 atom stereocenters. The molecular formula is C28H35NO2. The second-order valence-electron chi connectivity index (χ2n) is 8.48. The van der Waals surface area contributed by atoms with Crippen molar-refractivity contribution in [3.63, 3.8) is 0 Å². The first-order chi connectivity index (χ1) is 15.2. The minimum atomic E-state index is -0.178. The zero-order chi connectivity index (χ0) is 21.9. The molecule has 0 fully saturated rings. The lowest BCUT2D eigenvalue weighted by atomic mass is 10.0. The van der Waals surface area contributed by atoms with Crippen LogP contribution in [0.2, 0.25) is 0 Å². The second-order valence-corrected chi connectivity index (χ2v) is 8.48. The van der Waals surface area contributed by atoms with Gasteiger partial charge in [-0.15, -0.1) is 0 Å². The Morgan fingerprint density at radius 2 is 1.13 bits per heavy atom. The van der Waals surface area contributed by atoms with Gasteiger partial charge in [0.2, 0.25) is 0 Å². The van der Waals surface area contributed by atoms with Gasteiger partial charge in [0.25, 0.3) is 11.8 Å². The molecule has 0 radical (unpaired) electrons. The average molecular weight is 418 g/mol. The van der Waals surface area contributed by atoms with Crippen molar-refractivity contribution in [2.45, 2.75) is 71.1 Å². The molecule has 31 heavy (non-hydrogen) atoms. The van der Waals surface area contributed by atoms with E-state index in [0.29, 0.717) is 12.1 Å². The molecule has 0 saturated carbocycles. The number of hydrogen-bond donors (Lipinski definition) is 0. The predicted molar refractivity (Wildman–Crippen MR) is 128 cm³/mol. The topological polar surface area (TPSA) is 37.4 Å². The van der Waals surface area contributed by atoms with Crippen LogP contribution in [0.3, 0.4) is 0 Å². The van der Waals surface area contributed by atoms with Gasteiger partial charge in [-0.3, -0.25) is 14.5 Å². The number of carbonyl (C=O) groups excluding carboxylic acids is 2. The normalized spacial score (nSPS) is 13.7. The lowest BCUT2D eigenvalue weighted by Crippen LogP contribution is -2.31. The van der Waals surface area contributed by atoms with Gasteiger partial charge in [-0.1, -0.05) is 119 Å². The maximum atomic E-state index is 12.8. The molecule has 0 saturated heterocycles. The summed E-state index contributed by atoms with van der Waals surface area (Å²) in [5.74, 6) is -0.337. The molecule has 3 nitrogen and oxygen atoms in total. The molecule has 2 aromatic rings. The van der Waals surface area contributed by atoms with E-state index in [1.807, 2.05) is 42.5 Å². The standard InChI is InChI=1S/C28H35NO2/c1-2-3-4-5-6-7-8-9-10-14-21-29-27(30)22-26(28(29)31)25-19-17-24(18-20-25)23-15-12-11-13-16-23/h11-13,15-20,22H,2-10,14,21H2,1H3. The van der Waals surface area contributed by atoms with Crippen molar-refractivity contribution < 1.29 is 9.59 Å². The van der Waals surface area contributed by atoms with E-state index < -0.39 is 0 Å². The third-order valence-electron chi connectivity index (χ3n) is 6.05. The fraction of sp³-hybridized carbons (Fsp3) is 0.429. The minimum absolute atomic E-state index is 0.159. The van der Waals surface area contributed by atoms with Crippen LogP contribution >= 0.6 is 0 Å². The summed E-state index contributed by atoms with van der Waals surface area (Å²) in [5.41, 5.74) is 3.56. The van der Waals surface area contributed by atoms with Crippen molar-refractivity contribution in [3.8, 4) is 11.1 Å². The molecule has 0 aliphatic carbocycles. The van der Waals surface area contributed by atoms with E-state index >= 15 is 0 Å². The fourth-order valence-corrected chi connectivity index (χ4v) is 4.16. The Morgan fingerprint density at radius 3 is 1.74 bits per heavy atom. The van der Waals surface area contributed by atoms with Gasteiger partial charge in [0.1, 0.15) is 0 Å². The monoisotopic (exact) mass is 417 g/mol. The molecule has 1 aliphatic heterocycles. The summed E-state index contributed by atoms with van der Waals surface area (Å²) in [6.45, 7) is 2.77. The zero-order valence-corrected chi connectivity index (χ0v) is 18.8. The quantitative estimate of drug-likeness (QED) is 0.259. The number of benzene rings is 2. The highest BCUT2D eigenvalue weighted by molar-refractivity contribution is 6.33. The smallest absolute Gasteiger partial charge is 0.261 e. The van der Waals surface area contributed by atoms with Crippen molar-refractivity contribution >= 4 is 17.4 Å². The zero-order valence-electron chi connectivity index (χ0n) is 18.8. The van der Waals surface area contributed by atoms with Crippen LogP contribution in [0.25, 0.3) is 16.7 Å². The van der Waals surface area contributed by atoms with Crippen LogP contribution in [-0.2, 0) is 9.59 Å². The number of carbonyl (C=O) groups is 2. The van der Waals surface area contributed by atoms with E-state index in [-0.39, 0.29) is 11.8 Å². The molecule has 3 heteroatoms. The maximum absolute atomic E-state index is 12.8. The molecule has 0 aromatic heterocycles. The molecule has 0 N–H and O–H groups in total. The first kappa shape index (κ1) is 23.0. The van der Waals surface area contributed by atoms with Crippen molar-refractivity contribution in [1.82, 2.24) is 4.90 Å². The molecule has 1 heterocycles. The van der Waals surface area contributed by atoms with Gasteiger partial charge in [0.15, 0.2) is 0 Å². The van der Waals surface area contributed by atoms with Gasteiger partial charge in [0, 0.05) is 12.6 Å². The lowest BCUT2D eigenvalue weighted by molar-refractivity contribution is -0.136. The number of amides is 2. The van der Waals surface area contributed by atoms with Crippen LogP contribution in [-0.4, -0.2) is 23.3 Å². The lowest BCUT2D eigenvalue weighted by Gasteiger charge is -2.15. The molecule has 2 aromatic carbocycles. The summed E-state index contributed by atoms with van der Waals surface area (Å²) < 4.78 is 0. The van der Waals surface area contributed by atoms with Gasteiger partial charge in [-0.2, -0.15) is 0 Å². The number of rotatable bonds is 13. The van der Waals surface area contributed by atoms with Crippen LogP contribution in [0.4, 0.5) is 0 Å². The van der Waals surface area contributed by atoms with E-state index in [0.717, 1.165) is 29.5 Å². The highest BCUT2D eigenvalue weighted by Gasteiger charge is 2.31. The Morgan fingerprint density at radius 1 is 0.613 bits per heavy atom. The van der Waals surface area contributed by atoms with Crippen LogP contribution < -0.4 is 0 Å². The molecule has 0 spiro atoms. The van der Waals surface area contributed by atoms with Crippen molar-refractivity contribution in [2.75, 3.05) is 6.54 Å². The summed E-state index contributed by atoms with van der Waals surface area (Å²) in [5, 5.41) is 0. The highest BCUT2D eigenvalue weighted by atomic mass is 16.2. The summed E-state index contributed by atoms with van der Waals surface area (Å²) in [6, 6.07) is 18.0. The van der Waals surface area contributed by atoms with Crippen LogP contribution in [0, 0.1) is 0 Å². The van der Waals surface area contributed by atoms with E-state index in [9.17, 15) is 9.59 Å². The number of hydrogen-bond acceptors (Lipinski definition) is 2. The Labute approximate surface area is 187 Å². The first-order valence-electron chi connectivity index (χ1n) is 11.9. The van der Waals surface area contributed by atoms with Crippen LogP contribution in [0.15, 0.2) is 60.7 Å². The van der Waals surface area contributed by atoms with Gasteiger partial charge in [-0.05, 0) is 23.1 Å². The van der Waals surface area contributed by atoms with Crippen molar-refractivity contribution in [1.29, 1.82) is 0 Å². The van der Waals surface area contributed by atoms with E-state index in [1.165, 1.54) is 62.3 Å². The van der Waals surface area contributed by atoms with E-state index in [4.69, 9.17) is 0 Å². The third kappa shape index (κ3) is 6.65. The van der Waals surface area contributed by atoms with Gasteiger partial charge in [0.05, 0.1) is 5.57 Å². The largest absolute Gasteiger partial charge is 0.275 e.